The molecule has 0 bridgehead atoms. The van der Waals surface area contributed by atoms with Crippen molar-refractivity contribution in [3.05, 3.63) is 0 Å². The molecule has 0 aromatic rings. The van der Waals surface area contributed by atoms with Gasteiger partial charge in [0.2, 0.25) is 5.91 Å². The molecule has 0 spiro atoms. The summed E-state index contributed by atoms with van der Waals surface area (Å²) in [4.78, 5) is 10.9. The number of nitrogens with one attached hydrogen (secondary N) is 1. The van der Waals surface area contributed by atoms with Crippen LogP contribution in [-0.2, 0) is 14.6 Å². The lowest BCUT2D eigenvalue weighted by Gasteiger charge is -2.27. The number of carbonyl (C=O) groups is 1. The Balaban J connectivity index is 2.33. The molecule has 1 unspecified atom stereocenters. The van der Waals surface area contributed by atoms with Crippen LogP contribution in [0.1, 0.15) is 6.92 Å². The minimum absolute atomic E-state index is 0.0471. The van der Waals surface area contributed by atoms with Crippen LogP contribution in [0.4, 0.5) is 0 Å². The van der Waals surface area contributed by atoms with Crippen LogP contribution in [0.25, 0.3) is 0 Å². The summed E-state index contributed by atoms with van der Waals surface area (Å²) in [5, 5.41) is 2.53. The highest BCUT2D eigenvalue weighted by Gasteiger charge is 2.34. The Labute approximate surface area is 71.2 Å². The minimum atomic E-state index is -2.86. The number of hydrogen-bond donors (Lipinski definition) is 2. The van der Waals surface area contributed by atoms with Gasteiger partial charge in [-0.25, -0.2) is 8.42 Å². The van der Waals surface area contributed by atoms with Crippen molar-refractivity contribution in [2.45, 2.75) is 19.0 Å². The molecule has 1 aliphatic heterocycles. The normalized spacial score (nSPS) is 24.2. The Kier molecular flexibility index (Phi) is 2.39. The maximum atomic E-state index is 10.9. The summed E-state index contributed by atoms with van der Waals surface area (Å²) in [6.45, 7) is 1.56. The summed E-state index contributed by atoms with van der Waals surface area (Å²) in [7, 11) is -2.86. The molecular formula is C6H12N2O3S. The first-order chi connectivity index (χ1) is 5.41. The van der Waals surface area contributed by atoms with Crippen molar-refractivity contribution >= 4 is 15.7 Å². The van der Waals surface area contributed by atoms with Crippen molar-refractivity contribution in [3.8, 4) is 0 Å². The van der Waals surface area contributed by atoms with E-state index in [0.29, 0.717) is 0 Å². The molecule has 1 aliphatic rings. The molecule has 0 aromatic carbocycles. The maximum absolute atomic E-state index is 10.9. The molecule has 1 saturated heterocycles. The van der Waals surface area contributed by atoms with Crippen LogP contribution in [0, 0.1) is 0 Å². The van der Waals surface area contributed by atoms with Gasteiger partial charge in [-0.2, -0.15) is 0 Å². The second kappa shape index (κ2) is 3.02. The van der Waals surface area contributed by atoms with Crippen LogP contribution in [0.5, 0.6) is 0 Å². The highest BCUT2D eigenvalue weighted by molar-refractivity contribution is 7.92. The summed E-state index contributed by atoms with van der Waals surface area (Å²) >= 11 is 0. The number of hydrogen-bond acceptors (Lipinski definition) is 4. The van der Waals surface area contributed by atoms with E-state index in [4.69, 9.17) is 5.73 Å². The van der Waals surface area contributed by atoms with Crippen LogP contribution >= 0.6 is 0 Å². The Hall–Kier alpha value is -0.620. The Morgan fingerprint density at radius 1 is 1.58 bits per heavy atom. The predicted molar refractivity (Wildman–Crippen MR) is 44.2 cm³/mol. The monoisotopic (exact) mass is 192 g/mol. The van der Waals surface area contributed by atoms with E-state index < -0.39 is 15.9 Å². The molecule has 1 amide bonds. The van der Waals surface area contributed by atoms with Crippen molar-refractivity contribution < 1.29 is 13.2 Å². The lowest BCUT2D eigenvalue weighted by Crippen LogP contribution is -2.55. The van der Waals surface area contributed by atoms with Gasteiger partial charge >= 0.3 is 0 Å². The molecule has 0 saturated carbocycles. The topological polar surface area (TPSA) is 89.3 Å². The van der Waals surface area contributed by atoms with Gasteiger partial charge in [-0.05, 0) is 6.92 Å². The standard InChI is InChI=1S/C6H12N2O3S/c1-4(7)6(9)8-5-2-12(10,11)3-5/h4-5H,2-3,7H2,1H3,(H,8,9). The Morgan fingerprint density at radius 3 is 2.42 bits per heavy atom. The first-order valence-corrected chi connectivity index (χ1v) is 5.49. The minimum Gasteiger partial charge on any atom is -0.350 e. The second-order valence-corrected chi connectivity index (χ2v) is 5.22. The van der Waals surface area contributed by atoms with Gasteiger partial charge in [-0.15, -0.1) is 0 Å². The third kappa shape index (κ3) is 2.18. The fourth-order valence-corrected chi connectivity index (χ4v) is 2.28. The summed E-state index contributed by atoms with van der Waals surface area (Å²) < 4.78 is 21.3. The van der Waals surface area contributed by atoms with E-state index in [1.165, 1.54) is 0 Å². The van der Waals surface area contributed by atoms with Gasteiger partial charge in [-0.3, -0.25) is 4.79 Å². The van der Waals surface area contributed by atoms with Gasteiger partial charge in [0.1, 0.15) is 0 Å². The van der Waals surface area contributed by atoms with Crippen molar-refractivity contribution in [2.24, 2.45) is 5.73 Å². The fraction of sp³-hybridized carbons (Fsp3) is 0.833. The van der Waals surface area contributed by atoms with Crippen molar-refractivity contribution in [2.75, 3.05) is 11.5 Å². The van der Waals surface area contributed by atoms with Crippen molar-refractivity contribution in [3.63, 3.8) is 0 Å². The number of sulfone groups is 1. The second-order valence-electron chi connectivity index (χ2n) is 3.07. The lowest BCUT2D eigenvalue weighted by atomic mass is 10.3. The van der Waals surface area contributed by atoms with E-state index in [0.717, 1.165) is 0 Å². The van der Waals surface area contributed by atoms with E-state index in [1.54, 1.807) is 6.92 Å². The first-order valence-electron chi connectivity index (χ1n) is 3.67. The molecule has 0 radical (unpaired) electrons. The smallest absolute Gasteiger partial charge is 0.236 e. The first kappa shape index (κ1) is 9.47. The summed E-state index contributed by atoms with van der Waals surface area (Å²) in [5.74, 6) is -0.202. The number of rotatable bonds is 2. The molecule has 1 atom stereocenters. The zero-order valence-corrected chi connectivity index (χ0v) is 7.60. The van der Waals surface area contributed by atoms with E-state index in [9.17, 15) is 13.2 Å². The third-order valence-corrected chi connectivity index (χ3v) is 3.49. The quantitative estimate of drug-likeness (QED) is 0.543. The molecule has 0 aromatic heterocycles. The number of nitrogens with two attached hydrogens (primary N) is 1. The van der Waals surface area contributed by atoms with Crippen molar-refractivity contribution in [1.29, 1.82) is 0 Å². The fourth-order valence-electron chi connectivity index (χ4n) is 0.980. The molecule has 1 heterocycles. The average molecular weight is 192 g/mol. The van der Waals surface area contributed by atoms with E-state index in [-0.39, 0.29) is 23.5 Å². The van der Waals surface area contributed by atoms with Crippen LogP contribution in [0.2, 0.25) is 0 Å². The molecule has 6 heteroatoms. The highest BCUT2D eigenvalue weighted by atomic mass is 32.2. The largest absolute Gasteiger partial charge is 0.350 e. The molecule has 1 fully saturated rings. The van der Waals surface area contributed by atoms with Crippen LogP contribution < -0.4 is 11.1 Å². The molecule has 3 N–H and O–H groups in total. The molecule has 0 aliphatic carbocycles. The van der Waals surface area contributed by atoms with Crippen LogP contribution in [-0.4, -0.2) is 37.9 Å². The van der Waals surface area contributed by atoms with Gasteiger partial charge in [0.05, 0.1) is 23.6 Å². The van der Waals surface area contributed by atoms with Gasteiger partial charge in [0.15, 0.2) is 9.84 Å². The molecule has 12 heavy (non-hydrogen) atoms. The number of carbonyl (C=O) groups excluding carboxylic acids is 1. The molecule has 5 nitrogen and oxygen atoms in total. The molecule has 70 valence electrons. The lowest BCUT2D eigenvalue weighted by molar-refractivity contribution is -0.122. The van der Waals surface area contributed by atoms with Crippen LogP contribution in [0.15, 0.2) is 0 Å². The van der Waals surface area contributed by atoms with Gasteiger partial charge < -0.3 is 11.1 Å². The highest BCUT2D eigenvalue weighted by Crippen LogP contribution is 2.09. The summed E-state index contributed by atoms with van der Waals surface area (Å²) in [6.07, 6.45) is 0. The zero-order valence-electron chi connectivity index (χ0n) is 6.78. The average Bonchev–Trinajstić information content (AvgIpc) is 1.83. The van der Waals surface area contributed by atoms with Crippen molar-refractivity contribution in [1.82, 2.24) is 5.32 Å². The van der Waals surface area contributed by atoms with Gasteiger partial charge in [0.25, 0.3) is 0 Å². The van der Waals surface area contributed by atoms with E-state index >= 15 is 0 Å². The van der Waals surface area contributed by atoms with Gasteiger partial charge in [-0.1, -0.05) is 0 Å². The maximum Gasteiger partial charge on any atom is 0.236 e. The van der Waals surface area contributed by atoms with Gasteiger partial charge in [0, 0.05) is 0 Å². The summed E-state index contributed by atoms with van der Waals surface area (Å²) in [5.41, 5.74) is 5.27. The molecular weight excluding hydrogens is 180 g/mol. The van der Waals surface area contributed by atoms with Crippen LogP contribution in [0.3, 0.4) is 0 Å². The Bertz CT molecular complexity index is 271. The van der Waals surface area contributed by atoms with E-state index in [1.807, 2.05) is 0 Å². The van der Waals surface area contributed by atoms with E-state index in [2.05, 4.69) is 5.32 Å². The summed E-state index contributed by atoms with van der Waals surface area (Å²) in [6, 6.07) is -0.804. The molecule has 1 rings (SSSR count). The third-order valence-electron chi connectivity index (χ3n) is 1.67. The zero-order chi connectivity index (χ0) is 9.35. The SMILES string of the molecule is CC(N)C(=O)NC1CS(=O)(=O)C1. The predicted octanol–water partition coefficient (Wildman–Crippen LogP) is -1.75. The Morgan fingerprint density at radius 2 is 2.08 bits per heavy atom. The number of amides is 1.